The third kappa shape index (κ3) is 5.14. The molecule has 2 rings (SSSR count). The first-order valence-electron chi connectivity index (χ1n) is 7.26. The number of phenolic OH excluding ortho intramolecular Hbond substituents is 1. The van der Waals surface area contributed by atoms with Crippen molar-refractivity contribution in [1.82, 2.24) is 5.32 Å². The molecule has 7 nitrogen and oxygen atoms in total. The number of nitrogens with zero attached hydrogens (tertiary/aromatic N) is 1. The minimum absolute atomic E-state index is 0.0221. The van der Waals surface area contributed by atoms with Crippen LogP contribution in [0.4, 0.5) is 24.5 Å². The van der Waals surface area contributed by atoms with Crippen LogP contribution in [0.2, 0.25) is 0 Å². The van der Waals surface area contributed by atoms with Crippen LogP contribution in [0.3, 0.4) is 0 Å². The average molecular weight is 399 g/mol. The number of halogens is 3. The van der Waals surface area contributed by atoms with Gasteiger partial charge >= 0.3 is 6.18 Å². The van der Waals surface area contributed by atoms with Crippen molar-refractivity contribution in [2.45, 2.75) is 13.1 Å². The van der Waals surface area contributed by atoms with E-state index in [1.165, 1.54) is 19.1 Å². The van der Waals surface area contributed by atoms with Gasteiger partial charge in [-0.2, -0.15) is 13.2 Å². The first kappa shape index (κ1) is 20.1. The van der Waals surface area contributed by atoms with Crippen molar-refractivity contribution in [2.24, 2.45) is 0 Å². The van der Waals surface area contributed by atoms with Crippen molar-refractivity contribution >= 4 is 34.6 Å². The van der Waals surface area contributed by atoms with Gasteiger partial charge in [0.15, 0.2) is 5.11 Å². The van der Waals surface area contributed by atoms with E-state index in [0.717, 1.165) is 18.2 Å². The lowest BCUT2D eigenvalue weighted by Gasteiger charge is -2.13. The predicted octanol–water partition coefficient (Wildman–Crippen LogP) is 3.75. The molecule has 0 aliphatic rings. The molecular formula is C16H12F3N3O4S. The van der Waals surface area contributed by atoms with Gasteiger partial charge < -0.3 is 10.4 Å². The second-order valence-electron chi connectivity index (χ2n) is 5.45. The minimum atomic E-state index is -4.61. The molecule has 0 aliphatic carbocycles. The maximum atomic E-state index is 12.8. The number of amides is 1. The SMILES string of the molecule is Cc1cc(C(=O)NC(=S)Nc2ccc([N+](=O)[O-])cc2O)cc(C(F)(F)F)c1. The van der Waals surface area contributed by atoms with Crippen LogP contribution in [0.15, 0.2) is 36.4 Å². The Hall–Kier alpha value is -3.21. The van der Waals surface area contributed by atoms with Gasteiger partial charge in [0.2, 0.25) is 0 Å². The summed E-state index contributed by atoms with van der Waals surface area (Å²) < 4.78 is 38.5. The lowest BCUT2D eigenvalue weighted by Crippen LogP contribution is -2.34. The van der Waals surface area contributed by atoms with Crippen LogP contribution in [0.25, 0.3) is 0 Å². The van der Waals surface area contributed by atoms with Crippen molar-refractivity contribution in [2.75, 3.05) is 5.32 Å². The number of rotatable bonds is 3. The molecule has 0 bridgehead atoms. The van der Waals surface area contributed by atoms with Gasteiger partial charge in [0.1, 0.15) is 5.75 Å². The molecule has 0 fully saturated rings. The first-order valence-corrected chi connectivity index (χ1v) is 7.67. The number of hydrogen-bond acceptors (Lipinski definition) is 5. The Morgan fingerprint density at radius 3 is 2.44 bits per heavy atom. The third-order valence-electron chi connectivity index (χ3n) is 3.33. The smallest absolute Gasteiger partial charge is 0.416 e. The Morgan fingerprint density at radius 2 is 1.89 bits per heavy atom. The van der Waals surface area contributed by atoms with Crippen molar-refractivity contribution in [3.8, 4) is 5.75 Å². The quantitative estimate of drug-likeness (QED) is 0.314. The molecule has 142 valence electrons. The zero-order valence-corrected chi connectivity index (χ0v) is 14.4. The molecule has 2 aromatic rings. The second-order valence-corrected chi connectivity index (χ2v) is 5.86. The fourth-order valence-electron chi connectivity index (χ4n) is 2.15. The molecule has 0 saturated heterocycles. The van der Waals surface area contributed by atoms with Crippen LogP contribution >= 0.6 is 12.2 Å². The lowest BCUT2D eigenvalue weighted by molar-refractivity contribution is -0.384. The van der Waals surface area contributed by atoms with E-state index in [2.05, 4.69) is 10.6 Å². The predicted molar refractivity (Wildman–Crippen MR) is 94.6 cm³/mol. The summed E-state index contributed by atoms with van der Waals surface area (Å²) in [6.45, 7) is 1.41. The highest BCUT2D eigenvalue weighted by Gasteiger charge is 2.31. The monoisotopic (exact) mass is 399 g/mol. The number of nitro benzene ring substituents is 1. The summed E-state index contributed by atoms with van der Waals surface area (Å²) in [6, 6.07) is 6.00. The summed E-state index contributed by atoms with van der Waals surface area (Å²) in [7, 11) is 0. The number of non-ortho nitro benzene ring substituents is 1. The van der Waals surface area contributed by atoms with Gasteiger partial charge in [0.05, 0.1) is 22.2 Å². The van der Waals surface area contributed by atoms with Gasteiger partial charge in [-0.3, -0.25) is 20.2 Å². The zero-order valence-electron chi connectivity index (χ0n) is 13.6. The number of benzene rings is 2. The van der Waals surface area contributed by atoms with E-state index in [-0.39, 0.29) is 27.6 Å². The molecule has 0 atom stereocenters. The van der Waals surface area contributed by atoms with E-state index in [1.54, 1.807) is 0 Å². The number of carbonyl (C=O) groups is 1. The number of hydrogen-bond donors (Lipinski definition) is 3. The molecule has 11 heteroatoms. The number of anilines is 1. The van der Waals surface area contributed by atoms with Crippen molar-refractivity contribution < 1.29 is 28.0 Å². The highest BCUT2D eigenvalue weighted by atomic mass is 32.1. The number of thiocarbonyl (C=S) groups is 1. The molecule has 0 aromatic heterocycles. The third-order valence-corrected chi connectivity index (χ3v) is 3.54. The molecule has 2 aromatic carbocycles. The Kier molecular flexibility index (Phi) is 5.64. The van der Waals surface area contributed by atoms with Crippen LogP contribution in [-0.2, 0) is 6.18 Å². The van der Waals surface area contributed by atoms with Gasteiger partial charge in [-0.15, -0.1) is 0 Å². The van der Waals surface area contributed by atoms with Crippen LogP contribution in [0.1, 0.15) is 21.5 Å². The number of carbonyl (C=O) groups excluding carboxylic acids is 1. The lowest BCUT2D eigenvalue weighted by atomic mass is 10.1. The highest BCUT2D eigenvalue weighted by Crippen LogP contribution is 2.31. The fraction of sp³-hybridized carbons (Fsp3) is 0.125. The summed E-state index contributed by atoms with van der Waals surface area (Å²) in [5.41, 5.74) is -1.36. The number of alkyl halides is 3. The number of nitrogens with one attached hydrogen (secondary N) is 2. The standard InChI is InChI=1S/C16H12F3N3O4S/c1-8-4-9(6-10(5-8)16(17,18)19)14(24)21-15(27)20-12-3-2-11(22(25)26)7-13(12)23/h2-7,23H,1H3,(H2,20,21,24,27). The molecule has 0 spiro atoms. The molecule has 3 N–H and O–H groups in total. The van der Waals surface area contributed by atoms with Gasteiger partial charge in [0.25, 0.3) is 11.6 Å². The number of nitro groups is 1. The molecular weight excluding hydrogens is 387 g/mol. The minimum Gasteiger partial charge on any atom is -0.506 e. The summed E-state index contributed by atoms with van der Waals surface area (Å²) >= 11 is 4.89. The van der Waals surface area contributed by atoms with Gasteiger partial charge in [-0.25, -0.2) is 0 Å². The average Bonchev–Trinajstić information content (AvgIpc) is 2.55. The van der Waals surface area contributed by atoms with Crippen LogP contribution in [0, 0.1) is 17.0 Å². The van der Waals surface area contributed by atoms with E-state index in [4.69, 9.17) is 12.2 Å². The second kappa shape index (κ2) is 7.58. The highest BCUT2D eigenvalue weighted by molar-refractivity contribution is 7.80. The molecule has 0 unspecified atom stereocenters. The molecule has 0 aliphatic heterocycles. The van der Waals surface area contributed by atoms with Crippen molar-refractivity contribution in [3.05, 3.63) is 63.2 Å². The van der Waals surface area contributed by atoms with Crippen LogP contribution in [0.5, 0.6) is 5.75 Å². The summed E-state index contributed by atoms with van der Waals surface area (Å²) in [4.78, 5) is 22.1. The molecule has 0 saturated carbocycles. The summed E-state index contributed by atoms with van der Waals surface area (Å²) in [5.74, 6) is -1.38. The summed E-state index contributed by atoms with van der Waals surface area (Å²) in [6.07, 6.45) is -4.61. The zero-order chi connectivity index (χ0) is 20.4. The Labute approximate surface area is 156 Å². The van der Waals surface area contributed by atoms with E-state index in [1.807, 2.05) is 0 Å². The normalized spacial score (nSPS) is 11.0. The van der Waals surface area contributed by atoms with E-state index >= 15 is 0 Å². The Bertz CT molecular complexity index is 932. The summed E-state index contributed by atoms with van der Waals surface area (Å²) in [5, 5.41) is 24.7. The largest absolute Gasteiger partial charge is 0.506 e. The van der Waals surface area contributed by atoms with E-state index in [0.29, 0.717) is 6.07 Å². The molecule has 0 heterocycles. The van der Waals surface area contributed by atoms with E-state index in [9.17, 15) is 33.2 Å². The van der Waals surface area contributed by atoms with Gasteiger partial charge in [-0.1, -0.05) is 0 Å². The van der Waals surface area contributed by atoms with Gasteiger partial charge in [-0.05, 0) is 49.0 Å². The van der Waals surface area contributed by atoms with Crippen molar-refractivity contribution in [1.29, 1.82) is 0 Å². The topological polar surface area (TPSA) is 104 Å². The number of aromatic hydroxyl groups is 1. The molecule has 0 radical (unpaired) electrons. The maximum Gasteiger partial charge on any atom is 0.416 e. The Balaban J connectivity index is 2.14. The van der Waals surface area contributed by atoms with Crippen molar-refractivity contribution in [3.63, 3.8) is 0 Å². The number of phenols is 1. The van der Waals surface area contributed by atoms with Crippen LogP contribution in [-0.4, -0.2) is 21.0 Å². The molecule has 27 heavy (non-hydrogen) atoms. The van der Waals surface area contributed by atoms with Gasteiger partial charge in [0, 0.05) is 11.6 Å². The van der Waals surface area contributed by atoms with Crippen LogP contribution < -0.4 is 10.6 Å². The Morgan fingerprint density at radius 1 is 1.22 bits per heavy atom. The molecule has 1 amide bonds. The number of aryl methyl sites for hydroxylation is 1. The van der Waals surface area contributed by atoms with E-state index < -0.39 is 28.3 Å². The maximum absolute atomic E-state index is 12.8. The fourth-order valence-corrected chi connectivity index (χ4v) is 2.35. The first-order chi connectivity index (χ1) is 12.5.